The summed E-state index contributed by atoms with van der Waals surface area (Å²) in [5.41, 5.74) is 5.51. The van der Waals surface area contributed by atoms with Crippen molar-refractivity contribution in [1.29, 1.82) is 0 Å². The van der Waals surface area contributed by atoms with Gasteiger partial charge in [-0.25, -0.2) is 14.1 Å². The Balaban J connectivity index is 1.78. The molecule has 1 fully saturated rings. The van der Waals surface area contributed by atoms with Gasteiger partial charge in [0.25, 0.3) is 5.56 Å². The maximum atomic E-state index is 12.1. The molecule has 33 heavy (non-hydrogen) atoms. The molecule has 0 radical (unpaired) electrons. The van der Waals surface area contributed by atoms with E-state index in [0.717, 1.165) is 0 Å². The molecule has 14 nitrogen and oxygen atoms in total. The molecule has 0 aliphatic heterocycles. The van der Waals surface area contributed by atoms with Gasteiger partial charge in [0.1, 0.15) is 0 Å². The highest BCUT2D eigenvalue weighted by atomic mass is 31.2. The van der Waals surface area contributed by atoms with Crippen molar-refractivity contribution in [2.24, 2.45) is 11.8 Å². The third-order valence-electron chi connectivity index (χ3n) is 5.25. The Hall–Kier alpha value is -1.63. The van der Waals surface area contributed by atoms with E-state index in [-0.39, 0.29) is 55.5 Å². The van der Waals surface area contributed by atoms with E-state index in [2.05, 4.69) is 15.0 Å². The molecule has 5 unspecified atom stereocenters. The van der Waals surface area contributed by atoms with Crippen LogP contribution in [0, 0.1) is 11.8 Å². The summed E-state index contributed by atoms with van der Waals surface area (Å²) in [6.07, 6.45) is 2.94. The Bertz CT molecular complexity index is 1110. The maximum absolute atomic E-state index is 12.1. The van der Waals surface area contributed by atoms with Crippen molar-refractivity contribution in [3.8, 4) is 0 Å². The van der Waals surface area contributed by atoms with Crippen LogP contribution < -0.4 is 11.3 Å². The number of H-pyrrole nitrogens is 1. The zero-order valence-electron chi connectivity index (χ0n) is 18.3. The van der Waals surface area contributed by atoms with Gasteiger partial charge in [0.15, 0.2) is 11.2 Å². The zero-order valence-corrected chi connectivity index (χ0v) is 20.1. The first-order valence-electron chi connectivity index (χ1n) is 10.5. The summed E-state index contributed by atoms with van der Waals surface area (Å²) in [6, 6.07) is -0.349. The number of phosphoric ester groups is 2. The predicted octanol–water partition coefficient (Wildman–Crippen LogP) is 1.97. The van der Waals surface area contributed by atoms with Gasteiger partial charge in [0, 0.05) is 12.0 Å². The number of imidazole rings is 1. The van der Waals surface area contributed by atoms with Crippen LogP contribution in [0.2, 0.25) is 0 Å². The van der Waals surface area contributed by atoms with Crippen LogP contribution in [-0.4, -0.2) is 55.7 Å². The lowest BCUT2D eigenvalue weighted by atomic mass is 9.70. The van der Waals surface area contributed by atoms with E-state index >= 15 is 0 Å². The third-order valence-corrected chi connectivity index (χ3v) is 7.22. The van der Waals surface area contributed by atoms with Crippen molar-refractivity contribution < 1.29 is 37.0 Å². The number of phosphoric acid groups is 2. The molecule has 2 aromatic heterocycles. The standard InChI is InChI=1S/C17H29N5O9P2/c1-3-5-28-32(24,25)30-8-11-7-13(12(11)9-31-33(26,27)29-6-4-2)22-10-19-14-15(22)20-17(18)21-16(14)23/h10-13H,3-9H2,1-2H3,(H,24,25)(H,26,27)(H3,18,20,21,23). The lowest BCUT2D eigenvalue weighted by molar-refractivity contribution is -0.0106. The quantitative estimate of drug-likeness (QED) is 0.286. The van der Waals surface area contributed by atoms with Crippen LogP contribution in [0.25, 0.3) is 11.2 Å². The van der Waals surface area contributed by atoms with E-state index in [1.165, 1.54) is 6.33 Å². The summed E-state index contributed by atoms with van der Waals surface area (Å²) >= 11 is 0. The summed E-state index contributed by atoms with van der Waals surface area (Å²) in [4.78, 5) is 42.4. The largest absolute Gasteiger partial charge is 0.472 e. The number of nitrogens with one attached hydrogen (secondary N) is 1. The van der Waals surface area contributed by atoms with Crippen LogP contribution >= 0.6 is 15.6 Å². The Morgan fingerprint density at radius 3 is 2.33 bits per heavy atom. The Morgan fingerprint density at radius 1 is 1.12 bits per heavy atom. The SMILES string of the molecule is CCCOP(=O)(O)OCC1CC(n2cnc3c(=O)[nH]c(N)nc32)C1COP(=O)(O)OCCC. The molecule has 2 aromatic rings. The number of fused-ring (bicyclic) bond motifs is 1. The number of anilines is 1. The number of hydrogen-bond acceptors (Lipinski definition) is 10. The van der Waals surface area contributed by atoms with E-state index in [1.807, 2.05) is 0 Å². The van der Waals surface area contributed by atoms with Crippen LogP contribution in [0.15, 0.2) is 11.1 Å². The second kappa shape index (κ2) is 10.7. The molecule has 5 atom stereocenters. The molecule has 16 heteroatoms. The van der Waals surface area contributed by atoms with Crippen molar-refractivity contribution in [2.45, 2.75) is 39.2 Å². The van der Waals surface area contributed by atoms with Gasteiger partial charge in [0.05, 0.1) is 32.8 Å². The first-order valence-corrected chi connectivity index (χ1v) is 13.5. The zero-order chi connectivity index (χ0) is 24.2. The highest BCUT2D eigenvalue weighted by molar-refractivity contribution is 7.47. The molecule has 1 aliphatic rings. The number of rotatable bonds is 13. The molecule has 0 saturated heterocycles. The smallest absolute Gasteiger partial charge is 0.369 e. The molecule has 0 amide bonds. The number of hydrogen-bond donors (Lipinski definition) is 4. The van der Waals surface area contributed by atoms with Crippen LogP contribution in [0.3, 0.4) is 0 Å². The van der Waals surface area contributed by atoms with Gasteiger partial charge in [-0.1, -0.05) is 13.8 Å². The number of nitrogens with two attached hydrogens (primary N) is 1. The monoisotopic (exact) mass is 509 g/mol. The fourth-order valence-corrected chi connectivity index (χ4v) is 5.30. The van der Waals surface area contributed by atoms with Crippen LogP contribution in [0.1, 0.15) is 39.2 Å². The van der Waals surface area contributed by atoms with Crippen molar-refractivity contribution >= 4 is 32.8 Å². The summed E-state index contributed by atoms with van der Waals surface area (Å²) < 4.78 is 45.8. The lowest BCUT2D eigenvalue weighted by Gasteiger charge is -2.45. The summed E-state index contributed by atoms with van der Waals surface area (Å²) in [6.45, 7) is 3.34. The van der Waals surface area contributed by atoms with E-state index in [1.54, 1.807) is 18.4 Å². The van der Waals surface area contributed by atoms with E-state index in [4.69, 9.17) is 23.8 Å². The van der Waals surface area contributed by atoms with Gasteiger partial charge in [-0.3, -0.25) is 27.9 Å². The fourth-order valence-electron chi connectivity index (χ4n) is 3.58. The van der Waals surface area contributed by atoms with Gasteiger partial charge in [-0.2, -0.15) is 4.98 Å². The van der Waals surface area contributed by atoms with Crippen LogP contribution in [0.5, 0.6) is 0 Å². The minimum Gasteiger partial charge on any atom is -0.369 e. The van der Waals surface area contributed by atoms with E-state index < -0.39 is 27.1 Å². The second-order valence-corrected chi connectivity index (χ2v) is 10.6. The normalized spacial score (nSPS) is 24.3. The first-order chi connectivity index (χ1) is 15.6. The highest BCUT2D eigenvalue weighted by Crippen LogP contribution is 2.52. The Kier molecular flexibility index (Phi) is 8.46. The number of nitrogen functional groups attached to an aromatic ring is 1. The van der Waals surface area contributed by atoms with Gasteiger partial charge in [-0.05, 0) is 25.2 Å². The summed E-state index contributed by atoms with van der Waals surface area (Å²) in [5, 5.41) is 0. The number of aromatic nitrogens is 4. The molecule has 3 rings (SSSR count). The Labute approximate surface area is 189 Å². The molecular weight excluding hydrogens is 480 g/mol. The molecular formula is C17H29N5O9P2. The number of aromatic amines is 1. The Morgan fingerprint density at radius 2 is 1.73 bits per heavy atom. The molecule has 1 aliphatic carbocycles. The maximum Gasteiger partial charge on any atom is 0.472 e. The van der Waals surface area contributed by atoms with Crippen molar-refractivity contribution in [3.05, 3.63) is 16.7 Å². The third kappa shape index (κ3) is 6.49. The van der Waals surface area contributed by atoms with Crippen LogP contribution in [-0.2, 0) is 27.2 Å². The van der Waals surface area contributed by atoms with Crippen molar-refractivity contribution in [2.75, 3.05) is 32.2 Å². The lowest BCUT2D eigenvalue weighted by Crippen LogP contribution is -2.43. The fraction of sp³-hybridized carbons (Fsp3) is 0.706. The molecule has 0 aromatic carbocycles. The van der Waals surface area contributed by atoms with Gasteiger partial charge in [0.2, 0.25) is 5.95 Å². The topological polar surface area (TPSA) is 201 Å². The second-order valence-electron chi connectivity index (χ2n) is 7.70. The molecule has 1 saturated carbocycles. The summed E-state index contributed by atoms with van der Waals surface area (Å²) in [7, 11) is -8.52. The van der Waals surface area contributed by atoms with Gasteiger partial charge >= 0.3 is 15.6 Å². The van der Waals surface area contributed by atoms with Crippen LogP contribution in [0.4, 0.5) is 5.95 Å². The first kappa shape index (κ1) is 26.0. The average molecular weight is 509 g/mol. The van der Waals surface area contributed by atoms with Gasteiger partial charge in [-0.15, -0.1) is 0 Å². The molecule has 5 N–H and O–H groups in total. The molecule has 0 spiro atoms. The predicted molar refractivity (Wildman–Crippen MR) is 117 cm³/mol. The molecule has 0 bridgehead atoms. The number of nitrogens with zero attached hydrogens (tertiary/aromatic N) is 3. The van der Waals surface area contributed by atoms with Crippen molar-refractivity contribution in [1.82, 2.24) is 19.5 Å². The average Bonchev–Trinajstić information content (AvgIpc) is 3.13. The minimum absolute atomic E-state index is 0.0506. The molecule has 186 valence electrons. The van der Waals surface area contributed by atoms with E-state index in [9.17, 15) is 23.7 Å². The molecule has 2 heterocycles. The van der Waals surface area contributed by atoms with Gasteiger partial charge < -0.3 is 20.1 Å². The van der Waals surface area contributed by atoms with Crippen molar-refractivity contribution in [3.63, 3.8) is 0 Å². The minimum atomic E-state index is -4.29. The highest BCUT2D eigenvalue weighted by Gasteiger charge is 2.45. The summed E-state index contributed by atoms with van der Waals surface area (Å²) in [5.74, 6) is -0.839. The van der Waals surface area contributed by atoms with E-state index in [0.29, 0.717) is 19.3 Å².